The highest BCUT2D eigenvalue weighted by Crippen LogP contribution is 2.26. The molecule has 1 heterocycles. The molecule has 0 aliphatic rings. The molecule has 0 spiro atoms. The van der Waals surface area contributed by atoms with Crippen molar-refractivity contribution in [1.82, 2.24) is 10.3 Å². The van der Waals surface area contributed by atoms with Crippen molar-refractivity contribution in [1.29, 1.82) is 5.26 Å². The molecule has 2 aromatic rings. The number of carbonyl (C=O) groups excluding carboxylic acids is 2. The minimum absolute atomic E-state index is 0.334. The summed E-state index contributed by atoms with van der Waals surface area (Å²) in [5, 5.41) is 12.1. The van der Waals surface area contributed by atoms with Crippen LogP contribution in [0, 0.1) is 17.2 Å². The van der Waals surface area contributed by atoms with Gasteiger partial charge in [-0.3, -0.25) is 9.59 Å². The van der Waals surface area contributed by atoms with Crippen LogP contribution in [0.1, 0.15) is 10.4 Å². The summed E-state index contributed by atoms with van der Waals surface area (Å²) in [5.74, 6) is -2.42. The largest absolute Gasteiger partial charge is 0.358 e. The van der Waals surface area contributed by atoms with Crippen LogP contribution in [-0.2, 0) is 4.79 Å². The molecule has 0 saturated carbocycles. The number of aromatic nitrogens is 1. The van der Waals surface area contributed by atoms with Crippen LogP contribution in [0.2, 0.25) is 0 Å². The molecule has 0 aliphatic carbocycles. The van der Waals surface area contributed by atoms with Gasteiger partial charge in [0.2, 0.25) is 5.91 Å². The third-order valence-corrected chi connectivity index (χ3v) is 3.86. The Morgan fingerprint density at radius 2 is 1.95 bits per heavy atom. The van der Waals surface area contributed by atoms with Crippen molar-refractivity contribution in [3.8, 4) is 6.07 Å². The minimum Gasteiger partial charge on any atom is -0.358 e. The molecule has 1 aromatic carbocycles. The maximum atomic E-state index is 12.1. The van der Waals surface area contributed by atoms with Crippen LogP contribution in [-0.4, -0.2) is 23.7 Å². The Hall–Kier alpha value is -2.65. The van der Waals surface area contributed by atoms with Gasteiger partial charge in [0, 0.05) is 23.7 Å². The van der Waals surface area contributed by atoms with Crippen molar-refractivity contribution in [3.63, 3.8) is 0 Å². The number of hydrogen-bond acceptors (Lipinski definition) is 5. The van der Waals surface area contributed by atoms with Gasteiger partial charge in [0.25, 0.3) is 0 Å². The molecule has 5 nitrogen and oxygen atoms in total. The maximum Gasteiger partial charge on any atom is 0.245 e. The van der Waals surface area contributed by atoms with Gasteiger partial charge in [-0.1, -0.05) is 30.0 Å². The smallest absolute Gasteiger partial charge is 0.245 e. The molecule has 0 fully saturated rings. The topological polar surface area (TPSA) is 82.9 Å². The summed E-state index contributed by atoms with van der Waals surface area (Å²) < 4.78 is 0. The minimum atomic E-state index is -1.32. The number of carbonyl (C=O) groups is 2. The van der Waals surface area contributed by atoms with Gasteiger partial charge in [0.1, 0.15) is 5.03 Å². The first-order valence-corrected chi connectivity index (χ1v) is 7.31. The number of pyridine rings is 1. The molecule has 1 atom stereocenters. The summed E-state index contributed by atoms with van der Waals surface area (Å²) in [6, 6.07) is 14.1. The molecule has 22 heavy (non-hydrogen) atoms. The van der Waals surface area contributed by atoms with E-state index < -0.39 is 17.6 Å². The molecule has 1 aromatic heterocycles. The molecule has 1 N–H and O–H groups in total. The van der Waals surface area contributed by atoms with E-state index >= 15 is 0 Å². The van der Waals surface area contributed by atoms with Crippen LogP contribution in [0.5, 0.6) is 0 Å². The quantitative estimate of drug-likeness (QED) is 0.676. The van der Waals surface area contributed by atoms with Crippen molar-refractivity contribution in [2.75, 3.05) is 7.05 Å². The number of nitriles is 1. The molecule has 1 amide bonds. The monoisotopic (exact) mass is 311 g/mol. The zero-order chi connectivity index (χ0) is 15.9. The molecule has 0 aliphatic heterocycles. The number of nitrogens with one attached hydrogen (secondary N) is 1. The number of nitrogens with zero attached hydrogens (tertiary/aromatic N) is 2. The fourth-order valence-electron chi connectivity index (χ4n) is 1.76. The summed E-state index contributed by atoms with van der Waals surface area (Å²) in [6.07, 6.45) is 1.71. The van der Waals surface area contributed by atoms with Gasteiger partial charge in [0.15, 0.2) is 11.7 Å². The molecular weight excluding hydrogens is 298 g/mol. The molecule has 2 rings (SSSR count). The highest BCUT2D eigenvalue weighted by atomic mass is 32.2. The van der Waals surface area contributed by atoms with E-state index in [0.29, 0.717) is 5.56 Å². The van der Waals surface area contributed by atoms with E-state index in [1.807, 2.05) is 18.2 Å². The van der Waals surface area contributed by atoms with Gasteiger partial charge in [-0.25, -0.2) is 4.98 Å². The second-order valence-electron chi connectivity index (χ2n) is 4.34. The molecule has 0 bridgehead atoms. The standard InChI is InChI=1S/C16H13N3O2S/c1-18-16(21)13(10-17)15(20)11-5-7-12(8-6-11)22-14-4-2-3-9-19-14/h2-9,13H,1H3,(H,18,21)/t13-/m1/s1. The lowest BCUT2D eigenvalue weighted by Gasteiger charge is -2.07. The van der Waals surface area contributed by atoms with Gasteiger partial charge in [0.05, 0.1) is 6.07 Å². The highest BCUT2D eigenvalue weighted by Gasteiger charge is 2.26. The van der Waals surface area contributed by atoms with Crippen molar-refractivity contribution < 1.29 is 9.59 Å². The first-order chi connectivity index (χ1) is 10.7. The SMILES string of the molecule is CNC(=O)[C@H](C#N)C(=O)c1ccc(Sc2ccccn2)cc1. The first-order valence-electron chi connectivity index (χ1n) is 6.50. The Labute approximate surface area is 132 Å². The average molecular weight is 311 g/mol. The normalized spacial score (nSPS) is 11.3. The van der Waals surface area contributed by atoms with Crippen molar-refractivity contribution in [3.05, 3.63) is 54.2 Å². The molecule has 0 radical (unpaired) electrons. The van der Waals surface area contributed by atoms with Crippen LogP contribution in [0.15, 0.2) is 58.6 Å². The number of hydrogen-bond donors (Lipinski definition) is 1. The lowest BCUT2D eigenvalue weighted by molar-refractivity contribution is -0.121. The van der Waals surface area contributed by atoms with E-state index in [1.54, 1.807) is 36.5 Å². The van der Waals surface area contributed by atoms with Gasteiger partial charge >= 0.3 is 0 Å². The average Bonchev–Trinajstić information content (AvgIpc) is 2.56. The Balaban J connectivity index is 2.13. The fourth-order valence-corrected chi connectivity index (χ4v) is 2.54. The van der Waals surface area contributed by atoms with Gasteiger partial charge < -0.3 is 5.32 Å². The van der Waals surface area contributed by atoms with E-state index in [4.69, 9.17) is 5.26 Å². The Bertz CT molecular complexity index is 708. The van der Waals surface area contributed by atoms with Gasteiger partial charge in [-0.15, -0.1) is 0 Å². The predicted octanol–water partition coefficient (Wildman–Crippen LogP) is 2.30. The summed E-state index contributed by atoms with van der Waals surface area (Å²) in [7, 11) is 1.40. The fraction of sp³-hybridized carbons (Fsp3) is 0.125. The zero-order valence-electron chi connectivity index (χ0n) is 11.8. The summed E-state index contributed by atoms with van der Waals surface area (Å²) in [5.41, 5.74) is 0.334. The number of amides is 1. The second kappa shape index (κ2) is 7.38. The van der Waals surface area contributed by atoms with E-state index in [2.05, 4.69) is 10.3 Å². The number of rotatable bonds is 5. The third-order valence-electron chi connectivity index (χ3n) is 2.90. The maximum absolute atomic E-state index is 12.1. The van der Waals surface area contributed by atoms with Gasteiger partial charge in [-0.05, 0) is 24.3 Å². The van der Waals surface area contributed by atoms with Crippen LogP contribution in [0.25, 0.3) is 0 Å². The summed E-state index contributed by atoms with van der Waals surface area (Å²) in [4.78, 5) is 28.8. The number of ketones is 1. The molecule has 6 heteroatoms. The number of Topliss-reactive ketones (excluding diaryl/α,β-unsaturated/α-hetero) is 1. The Morgan fingerprint density at radius 3 is 2.50 bits per heavy atom. The van der Waals surface area contributed by atoms with Crippen molar-refractivity contribution >= 4 is 23.5 Å². The third kappa shape index (κ3) is 3.71. The summed E-state index contributed by atoms with van der Waals surface area (Å²) >= 11 is 1.47. The lowest BCUT2D eigenvalue weighted by Crippen LogP contribution is -2.32. The first kappa shape index (κ1) is 15.7. The van der Waals surface area contributed by atoms with E-state index in [-0.39, 0.29) is 0 Å². The second-order valence-corrected chi connectivity index (χ2v) is 5.43. The highest BCUT2D eigenvalue weighted by molar-refractivity contribution is 7.99. The molecule has 110 valence electrons. The van der Waals surface area contributed by atoms with Crippen LogP contribution < -0.4 is 5.32 Å². The van der Waals surface area contributed by atoms with Crippen molar-refractivity contribution in [2.24, 2.45) is 5.92 Å². The lowest BCUT2D eigenvalue weighted by atomic mass is 9.98. The number of benzene rings is 1. The van der Waals surface area contributed by atoms with Crippen LogP contribution in [0.3, 0.4) is 0 Å². The molecule has 0 saturated heterocycles. The van der Waals surface area contributed by atoms with E-state index in [0.717, 1.165) is 9.92 Å². The Kier molecular flexibility index (Phi) is 5.28. The van der Waals surface area contributed by atoms with Gasteiger partial charge in [-0.2, -0.15) is 5.26 Å². The van der Waals surface area contributed by atoms with Crippen LogP contribution >= 0.6 is 11.8 Å². The van der Waals surface area contributed by atoms with Crippen LogP contribution in [0.4, 0.5) is 0 Å². The van der Waals surface area contributed by atoms with Crippen molar-refractivity contribution in [2.45, 2.75) is 9.92 Å². The molecular formula is C16H13N3O2S. The van der Waals surface area contributed by atoms with E-state index in [9.17, 15) is 9.59 Å². The predicted molar refractivity (Wildman–Crippen MR) is 82.3 cm³/mol. The van der Waals surface area contributed by atoms with E-state index in [1.165, 1.54) is 18.8 Å². The summed E-state index contributed by atoms with van der Waals surface area (Å²) in [6.45, 7) is 0. The molecule has 0 unspecified atom stereocenters. The zero-order valence-corrected chi connectivity index (χ0v) is 12.6. The Morgan fingerprint density at radius 1 is 1.23 bits per heavy atom.